The van der Waals surface area contributed by atoms with Crippen molar-refractivity contribution in [1.82, 2.24) is 0 Å². The van der Waals surface area contributed by atoms with E-state index >= 15 is 0 Å². The van der Waals surface area contributed by atoms with Crippen LogP contribution in [-0.2, 0) is 9.53 Å². The summed E-state index contributed by atoms with van der Waals surface area (Å²) in [6.45, 7) is 3.70. The summed E-state index contributed by atoms with van der Waals surface area (Å²) in [5.41, 5.74) is 0. The largest absolute Gasteiger partial charge is 0.381 e. The maximum atomic E-state index is 9.78. The van der Waals surface area contributed by atoms with Crippen LogP contribution in [0.4, 0.5) is 0 Å². The Kier molecular flexibility index (Phi) is 10.9. The molecular formula is C11H20O2. The monoisotopic (exact) mass is 184 g/mol. The molecule has 2 heteroatoms. The lowest BCUT2D eigenvalue weighted by Crippen LogP contribution is -1.95. The number of ether oxygens (including phenoxy) is 1. The Balaban J connectivity index is 2.87. The van der Waals surface area contributed by atoms with Crippen molar-refractivity contribution in [1.29, 1.82) is 0 Å². The molecule has 0 aliphatic carbocycles. The highest BCUT2D eigenvalue weighted by Gasteiger charge is 1.89. The Bertz CT molecular complexity index is 137. The van der Waals surface area contributed by atoms with Crippen molar-refractivity contribution in [3.05, 3.63) is 6.08 Å². The molecule has 0 fully saturated rings. The van der Waals surface area contributed by atoms with E-state index in [2.05, 4.69) is 6.92 Å². The average molecular weight is 184 g/mol. The molecule has 0 aliphatic rings. The minimum absolute atomic E-state index is 0.656. The maximum absolute atomic E-state index is 9.78. The summed E-state index contributed by atoms with van der Waals surface area (Å²) >= 11 is 0. The first-order valence-electron chi connectivity index (χ1n) is 5.19. The summed E-state index contributed by atoms with van der Waals surface area (Å²) in [4.78, 5) is 9.78. The quantitative estimate of drug-likeness (QED) is 0.407. The zero-order valence-electron chi connectivity index (χ0n) is 8.55. The topological polar surface area (TPSA) is 26.3 Å². The SMILES string of the molecule is CCCCCCCOCCC=C=O. The van der Waals surface area contributed by atoms with E-state index in [0.29, 0.717) is 13.0 Å². The number of hydrogen-bond acceptors (Lipinski definition) is 2. The first kappa shape index (κ1) is 12.4. The van der Waals surface area contributed by atoms with E-state index in [9.17, 15) is 4.79 Å². The highest BCUT2D eigenvalue weighted by atomic mass is 16.5. The van der Waals surface area contributed by atoms with Crippen LogP contribution in [0.5, 0.6) is 0 Å². The molecule has 0 aliphatic heterocycles. The van der Waals surface area contributed by atoms with Gasteiger partial charge in [-0.05, 0) is 12.8 Å². The molecule has 0 unspecified atom stereocenters. The molecular weight excluding hydrogens is 164 g/mol. The van der Waals surface area contributed by atoms with Crippen molar-refractivity contribution < 1.29 is 9.53 Å². The minimum atomic E-state index is 0.656. The van der Waals surface area contributed by atoms with Gasteiger partial charge >= 0.3 is 0 Å². The maximum Gasteiger partial charge on any atom is 0.120 e. The lowest BCUT2D eigenvalue weighted by atomic mass is 10.2. The van der Waals surface area contributed by atoms with Crippen molar-refractivity contribution in [2.24, 2.45) is 0 Å². The van der Waals surface area contributed by atoms with Crippen molar-refractivity contribution in [3.63, 3.8) is 0 Å². The fraction of sp³-hybridized carbons (Fsp3) is 0.818. The zero-order chi connectivity index (χ0) is 9.78. The number of hydrogen-bond donors (Lipinski definition) is 0. The number of carbonyl (C=O) groups excluding carboxylic acids is 1. The van der Waals surface area contributed by atoms with Gasteiger partial charge in [-0.1, -0.05) is 32.6 Å². The van der Waals surface area contributed by atoms with Crippen LogP contribution in [0.2, 0.25) is 0 Å². The summed E-state index contributed by atoms with van der Waals surface area (Å²) in [6, 6.07) is 0. The summed E-state index contributed by atoms with van der Waals surface area (Å²) in [5.74, 6) is 1.73. The van der Waals surface area contributed by atoms with Gasteiger partial charge in [-0.25, -0.2) is 4.79 Å². The average Bonchev–Trinajstić information content (AvgIpc) is 2.16. The third kappa shape index (κ3) is 11.4. The smallest absolute Gasteiger partial charge is 0.120 e. The molecule has 2 nitrogen and oxygen atoms in total. The molecule has 0 amide bonds. The Labute approximate surface area is 81.0 Å². The molecule has 0 N–H and O–H groups in total. The van der Waals surface area contributed by atoms with E-state index in [1.54, 1.807) is 5.94 Å². The Morgan fingerprint density at radius 3 is 2.62 bits per heavy atom. The first-order valence-corrected chi connectivity index (χ1v) is 5.19. The van der Waals surface area contributed by atoms with E-state index in [1.807, 2.05) is 0 Å². The van der Waals surface area contributed by atoms with E-state index < -0.39 is 0 Å². The first-order chi connectivity index (χ1) is 6.41. The summed E-state index contributed by atoms with van der Waals surface area (Å²) in [7, 11) is 0. The summed E-state index contributed by atoms with van der Waals surface area (Å²) in [6.07, 6.45) is 8.49. The molecule has 0 aromatic heterocycles. The van der Waals surface area contributed by atoms with Gasteiger partial charge in [-0.3, -0.25) is 0 Å². The number of unbranched alkanes of at least 4 members (excludes halogenated alkanes) is 4. The normalized spacial score (nSPS) is 9.62. The molecule has 0 atom stereocenters. The molecule has 0 spiro atoms. The van der Waals surface area contributed by atoms with Crippen LogP contribution >= 0.6 is 0 Å². The zero-order valence-corrected chi connectivity index (χ0v) is 8.55. The fourth-order valence-corrected chi connectivity index (χ4v) is 1.11. The van der Waals surface area contributed by atoms with Gasteiger partial charge in [-0.2, -0.15) is 0 Å². The lowest BCUT2D eigenvalue weighted by Gasteiger charge is -2.01. The molecule has 0 saturated carbocycles. The molecule has 0 radical (unpaired) electrons. The van der Waals surface area contributed by atoms with E-state index in [1.165, 1.54) is 31.8 Å². The molecule has 0 heterocycles. The van der Waals surface area contributed by atoms with E-state index in [-0.39, 0.29) is 0 Å². The standard InChI is InChI=1S/C11H20O2/c1-2-3-4-5-7-10-13-11-8-6-9-12/h6H,2-5,7-8,10-11H2,1H3. The molecule has 0 rings (SSSR count). The molecule has 0 saturated heterocycles. The van der Waals surface area contributed by atoms with Crippen molar-refractivity contribution >= 4 is 5.94 Å². The summed E-state index contributed by atoms with van der Waals surface area (Å²) < 4.78 is 5.31. The van der Waals surface area contributed by atoms with Crippen LogP contribution in [0, 0.1) is 0 Å². The Hall–Kier alpha value is -0.590. The van der Waals surface area contributed by atoms with Crippen LogP contribution in [0.1, 0.15) is 45.4 Å². The Morgan fingerprint density at radius 1 is 1.15 bits per heavy atom. The van der Waals surface area contributed by atoms with E-state index in [0.717, 1.165) is 13.0 Å². The van der Waals surface area contributed by atoms with E-state index in [4.69, 9.17) is 4.74 Å². The van der Waals surface area contributed by atoms with Crippen LogP contribution < -0.4 is 0 Å². The van der Waals surface area contributed by atoms with Crippen LogP contribution in [0.15, 0.2) is 6.08 Å². The lowest BCUT2D eigenvalue weighted by molar-refractivity contribution is 0.134. The third-order valence-electron chi connectivity index (χ3n) is 1.88. The second-order valence-electron chi connectivity index (χ2n) is 3.14. The summed E-state index contributed by atoms with van der Waals surface area (Å²) in [5, 5.41) is 0. The molecule has 76 valence electrons. The highest BCUT2D eigenvalue weighted by Crippen LogP contribution is 2.02. The predicted octanol–water partition coefficient (Wildman–Crippen LogP) is 2.75. The van der Waals surface area contributed by atoms with Gasteiger partial charge in [0, 0.05) is 12.7 Å². The fourth-order valence-electron chi connectivity index (χ4n) is 1.11. The van der Waals surface area contributed by atoms with Gasteiger partial charge in [0.05, 0.1) is 6.61 Å². The van der Waals surface area contributed by atoms with Crippen LogP contribution in [-0.4, -0.2) is 19.2 Å². The van der Waals surface area contributed by atoms with Gasteiger partial charge in [0.25, 0.3) is 0 Å². The van der Waals surface area contributed by atoms with Gasteiger partial charge in [0.2, 0.25) is 0 Å². The predicted molar refractivity (Wildman–Crippen MR) is 54.5 cm³/mol. The molecule has 0 aromatic rings. The van der Waals surface area contributed by atoms with Crippen molar-refractivity contribution in [3.8, 4) is 0 Å². The van der Waals surface area contributed by atoms with Crippen molar-refractivity contribution in [2.75, 3.05) is 13.2 Å². The molecule has 0 aromatic carbocycles. The van der Waals surface area contributed by atoms with Crippen molar-refractivity contribution in [2.45, 2.75) is 45.4 Å². The van der Waals surface area contributed by atoms with Gasteiger partial charge in [-0.15, -0.1) is 0 Å². The minimum Gasteiger partial charge on any atom is -0.381 e. The highest BCUT2D eigenvalue weighted by molar-refractivity contribution is 5.44. The van der Waals surface area contributed by atoms with Gasteiger partial charge < -0.3 is 4.74 Å². The number of rotatable bonds is 9. The second kappa shape index (κ2) is 11.4. The van der Waals surface area contributed by atoms with Gasteiger partial charge in [0.15, 0.2) is 0 Å². The molecule has 0 bridgehead atoms. The molecule has 13 heavy (non-hydrogen) atoms. The van der Waals surface area contributed by atoms with Crippen LogP contribution in [0.25, 0.3) is 0 Å². The third-order valence-corrected chi connectivity index (χ3v) is 1.88. The van der Waals surface area contributed by atoms with Crippen LogP contribution in [0.3, 0.4) is 0 Å². The van der Waals surface area contributed by atoms with Gasteiger partial charge in [0.1, 0.15) is 5.94 Å². The Morgan fingerprint density at radius 2 is 1.92 bits per heavy atom. The second-order valence-corrected chi connectivity index (χ2v) is 3.14.